The Balaban J connectivity index is 1.75. The first kappa shape index (κ1) is 16.2. The second-order valence-electron chi connectivity index (χ2n) is 5.61. The lowest BCUT2D eigenvalue weighted by atomic mass is 9.99. The van der Waals surface area contributed by atoms with E-state index in [4.69, 9.17) is 9.47 Å². The average molecular weight is 330 g/mol. The van der Waals surface area contributed by atoms with Gasteiger partial charge in [0.25, 0.3) is 0 Å². The van der Waals surface area contributed by atoms with Crippen molar-refractivity contribution < 1.29 is 14.3 Å². The first-order chi connectivity index (χ1) is 11.7. The number of urea groups is 1. The molecule has 0 fully saturated rings. The van der Waals surface area contributed by atoms with Crippen LogP contribution in [0.25, 0.3) is 0 Å². The van der Waals surface area contributed by atoms with Gasteiger partial charge in [0, 0.05) is 25.7 Å². The fourth-order valence-corrected chi connectivity index (χ4v) is 2.94. The maximum absolute atomic E-state index is 12.5. The Labute approximate surface area is 141 Å². The van der Waals surface area contributed by atoms with Crippen molar-refractivity contribution in [2.24, 2.45) is 0 Å². The molecule has 0 radical (unpaired) electrons. The van der Waals surface area contributed by atoms with Gasteiger partial charge in [-0.05, 0) is 36.6 Å². The summed E-state index contributed by atoms with van der Waals surface area (Å²) in [6, 6.07) is 5.62. The number of anilines is 1. The number of benzene rings is 1. The van der Waals surface area contributed by atoms with Crippen LogP contribution in [0.5, 0.6) is 11.5 Å². The Morgan fingerprint density at radius 1 is 1.25 bits per heavy atom. The third kappa shape index (κ3) is 3.02. The molecule has 0 bridgehead atoms. The summed E-state index contributed by atoms with van der Waals surface area (Å²) >= 11 is 0. The summed E-state index contributed by atoms with van der Waals surface area (Å²) in [6.45, 7) is 3.90. The lowest BCUT2D eigenvalue weighted by Gasteiger charge is -2.29. The van der Waals surface area contributed by atoms with Gasteiger partial charge in [0.15, 0.2) is 11.5 Å². The minimum atomic E-state index is -0.120. The Morgan fingerprint density at radius 3 is 2.62 bits per heavy atom. The molecule has 128 valence electrons. The molecule has 7 heteroatoms. The van der Waals surface area contributed by atoms with Gasteiger partial charge in [0.2, 0.25) is 0 Å². The van der Waals surface area contributed by atoms with Gasteiger partial charge in [0.1, 0.15) is 5.82 Å². The van der Waals surface area contributed by atoms with E-state index in [1.165, 1.54) is 5.56 Å². The summed E-state index contributed by atoms with van der Waals surface area (Å²) in [5.74, 6) is 2.11. The fourth-order valence-electron chi connectivity index (χ4n) is 2.94. The lowest BCUT2D eigenvalue weighted by molar-refractivity contribution is 0.206. The first-order valence-electron chi connectivity index (χ1n) is 7.97. The molecule has 24 heavy (non-hydrogen) atoms. The van der Waals surface area contributed by atoms with Crippen molar-refractivity contribution in [3.8, 4) is 11.5 Å². The SMILES string of the molecule is CCn1nccc1NC(=O)N1CCc2cc(OC)c(OC)cc2C1. The number of carbonyl (C=O) groups is 1. The van der Waals surface area contributed by atoms with E-state index >= 15 is 0 Å². The number of methoxy groups -OCH3 is 2. The fraction of sp³-hybridized carbons (Fsp3) is 0.412. The van der Waals surface area contributed by atoms with Crippen molar-refractivity contribution in [3.63, 3.8) is 0 Å². The summed E-state index contributed by atoms with van der Waals surface area (Å²) in [5.41, 5.74) is 2.27. The molecule has 0 unspecified atom stereocenters. The number of hydrogen-bond donors (Lipinski definition) is 1. The van der Waals surface area contributed by atoms with Crippen molar-refractivity contribution in [3.05, 3.63) is 35.5 Å². The Kier molecular flexibility index (Phi) is 4.59. The van der Waals surface area contributed by atoms with Crippen molar-refractivity contribution in [2.45, 2.75) is 26.4 Å². The lowest BCUT2D eigenvalue weighted by Crippen LogP contribution is -2.39. The molecule has 2 aromatic rings. The van der Waals surface area contributed by atoms with Crippen LogP contribution in [0.15, 0.2) is 24.4 Å². The molecule has 3 rings (SSSR count). The molecule has 1 aromatic heterocycles. The van der Waals surface area contributed by atoms with E-state index in [9.17, 15) is 4.79 Å². The van der Waals surface area contributed by atoms with E-state index in [1.807, 2.05) is 19.1 Å². The van der Waals surface area contributed by atoms with Crippen LogP contribution in [0.2, 0.25) is 0 Å². The van der Waals surface area contributed by atoms with Crippen molar-refractivity contribution in [1.29, 1.82) is 0 Å². The maximum atomic E-state index is 12.5. The second-order valence-corrected chi connectivity index (χ2v) is 5.61. The van der Waals surface area contributed by atoms with Gasteiger partial charge in [-0.15, -0.1) is 0 Å². The van der Waals surface area contributed by atoms with Crippen LogP contribution in [0.4, 0.5) is 10.6 Å². The second kappa shape index (κ2) is 6.82. The number of nitrogens with zero attached hydrogens (tertiary/aromatic N) is 3. The highest BCUT2D eigenvalue weighted by molar-refractivity contribution is 5.88. The van der Waals surface area contributed by atoms with E-state index in [0.717, 1.165) is 17.7 Å². The summed E-state index contributed by atoms with van der Waals surface area (Å²) in [6.07, 6.45) is 2.47. The van der Waals surface area contributed by atoms with Gasteiger partial charge in [-0.25, -0.2) is 9.48 Å². The normalized spacial score (nSPS) is 13.4. The van der Waals surface area contributed by atoms with Crippen LogP contribution in [0.1, 0.15) is 18.1 Å². The third-order valence-corrected chi connectivity index (χ3v) is 4.26. The van der Waals surface area contributed by atoms with Crippen molar-refractivity contribution in [2.75, 3.05) is 26.1 Å². The molecule has 0 saturated carbocycles. The Morgan fingerprint density at radius 2 is 1.96 bits per heavy atom. The predicted octanol–water partition coefficient (Wildman–Crippen LogP) is 2.51. The average Bonchev–Trinajstić information content (AvgIpc) is 3.06. The number of nitrogens with one attached hydrogen (secondary N) is 1. The van der Waals surface area contributed by atoms with Gasteiger partial charge >= 0.3 is 6.03 Å². The number of carbonyl (C=O) groups excluding carboxylic acids is 1. The van der Waals surface area contributed by atoms with Gasteiger partial charge in [0.05, 0.1) is 20.4 Å². The zero-order valence-electron chi connectivity index (χ0n) is 14.2. The van der Waals surface area contributed by atoms with Gasteiger partial charge in [-0.2, -0.15) is 5.10 Å². The van der Waals surface area contributed by atoms with E-state index in [-0.39, 0.29) is 6.03 Å². The molecule has 0 aliphatic carbocycles. The van der Waals surface area contributed by atoms with E-state index in [2.05, 4.69) is 10.4 Å². The number of ether oxygens (including phenoxy) is 2. The topological polar surface area (TPSA) is 68.6 Å². The Hall–Kier alpha value is -2.70. The summed E-state index contributed by atoms with van der Waals surface area (Å²) in [7, 11) is 3.24. The number of rotatable bonds is 4. The number of amides is 2. The van der Waals surface area contributed by atoms with Crippen LogP contribution < -0.4 is 14.8 Å². The third-order valence-electron chi connectivity index (χ3n) is 4.26. The monoisotopic (exact) mass is 330 g/mol. The Bertz CT molecular complexity index is 741. The molecule has 1 aliphatic rings. The van der Waals surface area contributed by atoms with Crippen LogP contribution >= 0.6 is 0 Å². The predicted molar refractivity (Wildman–Crippen MR) is 90.6 cm³/mol. The zero-order valence-corrected chi connectivity index (χ0v) is 14.2. The molecule has 0 spiro atoms. The molecule has 1 aliphatic heterocycles. The largest absolute Gasteiger partial charge is 0.493 e. The van der Waals surface area contributed by atoms with E-state index in [1.54, 1.807) is 36.1 Å². The molecule has 2 heterocycles. The molecule has 2 amide bonds. The molecular formula is C17H22N4O3. The molecule has 0 saturated heterocycles. The first-order valence-corrected chi connectivity index (χ1v) is 7.97. The van der Waals surface area contributed by atoms with Gasteiger partial charge < -0.3 is 14.4 Å². The number of hydrogen-bond acceptors (Lipinski definition) is 4. The van der Waals surface area contributed by atoms with Crippen molar-refractivity contribution in [1.82, 2.24) is 14.7 Å². The highest BCUT2D eigenvalue weighted by Gasteiger charge is 2.23. The van der Waals surface area contributed by atoms with Gasteiger partial charge in [-0.3, -0.25) is 5.32 Å². The highest BCUT2D eigenvalue weighted by Crippen LogP contribution is 2.33. The minimum Gasteiger partial charge on any atom is -0.493 e. The van der Waals surface area contributed by atoms with Gasteiger partial charge in [-0.1, -0.05) is 0 Å². The smallest absolute Gasteiger partial charge is 0.323 e. The van der Waals surface area contributed by atoms with Crippen LogP contribution in [0.3, 0.4) is 0 Å². The zero-order chi connectivity index (χ0) is 17.1. The molecule has 7 nitrogen and oxygen atoms in total. The summed E-state index contributed by atoms with van der Waals surface area (Å²) in [4.78, 5) is 14.3. The summed E-state index contributed by atoms with van der Waals surface area (Å²) in [5, 5.41) is 7.09. The molecule has 1 aromatic carbocycles. The molecular weight excluding hydrogens is 308 g/mol. The number of fused-ring (bicyclic) bond motifs is 1. The minimum absolute atomic E-state index is 0.120. The molecule has 1 N–H and O–H groups in total. The maximum Gasteiger partial charge on any atom is 0.323 e. The highest BCUT2D eigenvalue weighted by atomic mass is 16.5. The van der Waals surface area contributed by atoms with Crippen LogP contribution in [0, 0.1) is 0 Å². The molecule has 0 atom stereocenters. The number of aryl methyl sites for hydroxylation is 1. The van der Waals surface area contributed by atoms with Crippen LogP contribution in [-0.2, 0) is 19.5 Å². The van der Waals surface area contributed by atoms with Crippen molar-refractivity contribution >= 4 is 11.8 Å². The number of aromatic nitrogens is 2. The van der Waals surface area contributed by atoms with E-state index in [0.29, 0.717) is 31.2 Å². The standard InChI is InChI=1S/C17H22N4O3/c1-4-21-16(5-7-18-21)19-17(22)20-8-6-12-9-14(23-2)15(24-3)10-13(12)11-20/h5,7,9-10H,4,6,8,11H2,1-3H3,(H,19,22). The van der Waals surface area contributed by atoms with Crippen LogP contribution in [-0.4, -0.2) is 41.5 Å². The van der Waals surface area contributed by atoms with E-state index < -0.39 is 0 Å². The quantitative estimate of drug-likeness (QED) is 0.935. The summed E-state index contributed by atoms with van der Waals surface area (Å²) < 4.78 is 12.5.